The van der Waals surface area contributed by atoms with Crippen molar-refractivity contribution in [3.8, 4) is 0 Å². The SMILES string of the molecule is CCc1ccc(CNC2CCN(C(=O)OC(C)(C)C)CC2)o1. The molecule has 0 unspecified atom stereocenters. The second kappa shape index (κ2) is 7.18. The molecule has 1 aliphatic heterocycles. The highest BCUT2D eigenvalue weighted by molar-refractivity contribution is 5.68. The van der Waals surface area contributed by atoms with Crippen molar-refractivity contribution in [1.29, 1.82) is 0 Å². The summed E-state index contributed by atoms with van der Waals surface area (Å²) in [7, 11) is 0. The molecule has 124 valence electrons. The number of hydrogen-bond donors (Lipinski definition) is 1. The lowest BCUT2D eigenvalue weighted by Crippen LogP contribution is -2.46. The minimum absolute atomic E-state index is 0.204. The monoisotopic (exact) mass is 308 g/mol. The number of likely N-dealkylation sites (tertiary alicyclic amines) is 1. The molecule has 0 aliphatic carbocycles. The Morgan fingerprint density at radius 2 is 1.95 bits per heavy atom. The lowest BCUT2D eigenvalue weighted by molar-refractivity contribution is 0.0197. The van der Waals surface area contributed by atoms with Crippen molar-refractivity contribution < 1.29 is 13.9 Å². The molecule has 2 rings (SSSR count). The molecule has 2 heterocycles. The maximum atomic E-state index is 12.0. The zero-order valence-electron chi connectivity index (χ0n) is 14.1. The second-order valence-electron chi connectivity index (χ2n) is 6.84. The molecule has 0 spiro atoms. The zero-order valence-corrected chi connectivity index (χ0v) is 14.1. The van der Waals surface area contributed by atoms with E-state index >= 15 is 0 Å². The average molecular weight is 308 g/mol. The van der Waals surface area contributed by atoms with Crippen LogP contribution in [0.5, 0.6) is 0 Å². The van der Waals surface area contributed by atoms with Crippen molar-refractivity contribution in [3.63, 3.8) is 0 Å². The van der Waals surface area contributed by atoms with Gasteiger partial charge in [0, 0.05) is 25.6 Å². The topological polar surface area (TPSA) is 54.7 Å². The summed E-state index contributed by atoms with van der Waals surface area (Å²) in [6.45, 7) is 10.0. The van der Waals surface area contributed by atoms with Crippen LogP contribution in [0.4, 0.5) is 4.79 Å². The summed E-state index contributed by atoms with van der Waals surface area (Å²) in [5.41, 5.74) is -0.428. The van der Waals surface area contributed by atoms with Gasteiger partial charge in [0.05, 0.1) is 6.54 Å². The first kappa shape index (κ1) is 16.9. The highest BCUT2D eigenvalue weighted by atomic mass is 16.6. The summed E-state index contributed by atoms with van der Waals surface area (Å²) in [5, 5.41) is 3.51. The van der Waals surface area contributed by atoms with E-state index in [4.69, 9.17) is 9.15 Å². The molecule has 1 aliphatic rings. The predicted molar refractivity (Wildman–Crippen MR) is 85.8 cm³/mol. The highest BCUT2D eigenvalue weighted by Crippen LogP contribution is 2.16. The van der Waals surface area contributed by atoms with Crippen LogP contribution in [-0.2, 0) is 17.7 Å². The molecule has 5 heteroatoms. The predicted octanol–water partition coefficient (Wildman–Crippen LogP) is 3.33. The zero-order chi connectivity index (χ0) is 16.2. The normalized spacial score (nSPS) is 16.8. The Morgan fingerprint density at radius 1 is 1.32 bits per heavy atom. The number of ether oxygens (including phenoxy) is 1. The Bertz CT molecular complexity index is 482. The summed E-state index contributed by atoms with van der Waals surface area (Å²) in [4.78, 5) is 13.8. The van der Waals surface area contributed by atoms with Gasteiger partial charge in [0.15, 0.2) is 0 Å². The van der Waals surface area contributed by atoms with Gasteiger partial charge in [-0.15, -0.1) is 0 Å². The fraction of sp³-hybridized carbons (Fsp3) is 0.706. The molecule has 1 aromatic rings. The van der Waals surface area contributed by atoms with E-state index in [9.17, 15) is 4.79 Å². The molecule has 1 fully saturated rings. The van der Waals surface area contributed by atoms with Crippen molar-refractivity contribution >= 4 is 6.09 Å². The van der Waals surface area contributed by atoms with Gasteiger partial charge in [-0.2, -0.15) is 0 Å². The van der Waals surface area contributed by atoms with E-state index < -0.39 is 5.60 Å². The summed E-state index contributed by atoms with van der Waals surface area (Å²) >= 11 is 0. The van der Waals surface area contributed by atoms with E-state index in [0.717, 1.165) is 50.4 Å². The van der Waals surface area contributed by atoms with Crippen LogP contribution in [0.25, 0.3) is 0 Å². The minimum Gasteiger partial charge on any atom is -0.465 e. The van der Waals surface area contributed by atoms with Crippen LogP contribution in [0.2, 0.25) is 0 Å². The first-order chi connectivity index (χ1) is 10.4. The first-order valence-corrected chi connectivity index (χ1v) is 8.16. The molecule has 0 aromatic carbocycles. The second-order valence-corrected chi connectivity index (χ2v) is 6.84. The molecule has 0 saturated carbocycles. The van der Waals surface area contributed by atoms with Gasteiger partial charge in [0.25, 0.3) is 0 Å². The Hall–Kier alpha value is -1.49. The Labute approximate surface area is 133 Å². The third-order valence-electron chi connectivity index (χ3n) is 3.78. The fourth-order valence-corrected chi connectivity index (χ4v) is 2.54. The van der Waals surface area contributed by atoms with Crippen LogP contribution in [0.3, 0.4) is 0 Å². The van der Waals surface area contributed by atoms with Gasteiger partial charge in [-0.25, -0.2) is 4.79 Å². The maximum Gasteiger partial charge on any atom is 0.410 e. The number of nitrogens with zero attached hydrogens (tertiary/aromatic N) is 1. The third kappa shape index (κ3) is 5.05. The van der Waals surface area contributed by atoms with Crippen molar-refractivity contribution in [1.82, 2.24) is 10.2 Å². The van der Waals surface area contributed by atoms with E-state index in [2.05, 4.69) is 12.2 Å². The largest absolute Gasteiger partial charge is 0.465 e. The number of amides is 1. The van der Waals surface area contributed by atoms with Crippen molar-refractivity contribution in [2.24, 2.45) is 0 Å². The van der Waals surface area contributed by atoms with Gasteiger partial charge in [-0.05, 0) is 45.7 Å². The van der Waals surface area contributed by atoms with Gasteiger partial charge < -0.3 is 19.4 Å². The van der Waals surface area contributed by atoms with Crippen LogP contribution >= 0.6 is 0 Å². The third-order valence-corrected chi connectivity index (χ3v) is 3.78. The number of carbonyl (C=O) groups is 1. The van der Waals surface area contributed by atoms with Crippen LogP contribution in [0.15, 0.2) is 16.5 Å². The molecule has 1 aromatic heterocycles. The summed E-state index contributed by atoms with van der Waals surface area (Å²) in [6.07, 6.45) is 2.61. The first-order valence-electron chi connectivity index (χ1n) is 8.16. The molecule has 1 N–H and O–H groups in total. The van der Waals surface area contributed by atoms with Gasteiger partial charge >= 0.3 is 6.09 Å². The Kier molecular flexibility index (Phi) is 5.51. The minimum atomic E-state index is -0.428. The molecule has 5 nitrogen and oxygen atoms in total. The maximum absolute atomic E-state index is 12.0. The number of nitrogens with one attached hydrogen (secondary N) is 1. The smallest absolute Gasteiger partial charge is 0.410 e. The van der Waals surface area contributed by atoms with E-state index in [1.54, 1.807) is 4.90 Å². The van der Waals surface area contributed by atoms with Crippen molar-refractivity contribution in [2.75, 3.05) is 13.1 Å². The van der Waals surface area contributed by atoms with Crippen LogP contribution in [0, 0.1) is 0 Å². The number of piperidine rings is 1. The Morgan fingerprint density at radius 3 is 2.50 bits per heavy atom. The quantitative estimate of drug-likeness (QED) is 0.927. The van der Waals surface area contributed by atoms with E-state index in [0.29, 0.717) is 6.04 Å². The van der Waals surface area contributed by atoms with Gasteiger partial charge in [-0.3, -0.25) is 0 Å². The van der Waals surface area contributed by atoms with Gasteiger partial charge in [0.1, 0.15) is 17.1 Å². The van der Waals surface area contributed by atoms with Crippen LogP contribution in [0.1, 0.15) is 52.1 Å². The number of rotatable bonds is 4. The van der Waals surface area contributed by atoms with E-state index in [1.165, 1.54) is 0 Å². The average Bonchev–Trinajstić information content (AvgIpc) is 2.92. The molecule has 0 bridgehead atoms. The number of carbonyl (C=O) groups excluding carboxylic acids is 1. The number of aryl methyl sites for hydroxylation is 1. The van der Waals surface area contributed by atoms with Crippen molar-refractivity contribution in [2.45, 2.75) is 65.1 Å². The molecule has 0 atom stereocenters. The van der Waals surface area contributed by atoms with Crippen LogP contribution < -0.4 is 5.32 Å². The number of furan rings is 1. The fourth-order valence-electron chi connectivity index (χ4n) is 2.54. The summed E-state index contributed by atoms with van der Waals surface area (Å²) in [6, 6.07) is 4.48. The Balaban J connectivity index is 1.72. The van der Waals surface area contributed by atoms with E-state index in [-0.39, 0.29) is 6.09 Å². The lowest BCUT2D eigenvalue weighted by atomic mass is 10.1. The van der Waals surface area contributed by atoms with Gasteiger partial charge in [0.2, 0.25) is 0 Å². The lowest BCUT2D eigenvalue weighted by Gasteiger charge is -2.33. The standard InChI is InChI=1S/C17H28N2O3/c1-5-14-6-7-15(21-14)12-18-13-8-10-19(11-9-13)16(20)22-17(2,3)4/h6-7,13,18H,5,8-12H2,1-4H3. The molecule has 0 radical (unpaired) electrons. The molecular formula is C17H28N2O3. The van der Waals surface area contributed by atoms with Gasteiger partial charge in [-0.1, -0.05) is 6.92 Å². The molecule has 1 amide bonds. The van der Waals surface area contributed by atoms with Crippen LogP contribution in [-0.4, -0.2) is 35.7 Å². The summed E-state index contributed by atoms with van der Waals surface area (Å²) in [5.74, 6) is 2.00. The molecule has 22 heavy (non-hydrogen) atoms. The number of hydrogen-bond acceptors (Lipinski definition) is 4. The summed E-state index contributed by atoms with van der Waals surface area (Å²) < 4.78 is 11.1. The highest BCUT2D eigenvalue weighted by Gasteiger charge is 2.26. The molecular weight excluding hydrogens is 280 g/mol. The van der Waals surface area contributed by atoms with E-state index in [1.807, 2.05) is 32.9 Å². The van der Waals surface area contributed by atoms with Crippen molar-refractivity contribution in [3.05, 3.63) is 23.7 Å². The molecule has 1 saturated heterocycles.